The molecule has 0 saturated heterocycles. The van der Waals surface area contributed by atoms with E-state index in [9.17, 15) is 9.59 Å². The molecule has 3 rings (SSSR count). The molecule has 0 heterocycles. The molecule has 0 radical (unpaired) electrons. The van der Waals surface area contributed by atoms with Crippen molar-refractivity contribution in [3.8, 4) is 11.5 Å². The van der Waals surface area contributed by atoms with Crippen LogP contribution in [0.3, 0.4) is 0 Å². The first kappa shape index (κ1) is 19.2. The summed E-state index contributed by atoms with van der Waals surface area (Å²) in [5.41, 5.74) is 0.945. The van der Waals surface area contributed by atoms with Crippen LogP contribution in [0.1, 0.15) is 12.5 Å². The van der Waals surface area contributed by atoms with Gasteiger partial charge in [-0.15, -0.1) is 0 Å². The number of benzene rings is 3. The van der Waals surface area contributed by atoms with Crippen LogP contribution in [-0.2, 0) is 11.3 Å². The molecule has 0 unspecified atom stereocenters. The van der Waals surface area contributed by atoms with Crippen LogP contribution in [0, 0.1) is 0 Å². The molecule has 0 aliphatic heterocycles. The van der Waals surface area contributed by atoms with Crippen molar-refractivity contribution in [3.63, 3.8) is 0 Å². The standard InChI is InChI=1S/C22H22N2O4/c1-15(21(25)24-22(26)23-14-16-6-4-3-5-7-16)28-20-11-9-17-8-10-19(27-2)12-18(17)13-20/h3-13,15H,14H2,1-2H3,(H2,23,24,25,26)/t15-/m0/s1. The highest BCUT2D eigenvalue weighted by atomic mass is 16.5. The van der Waals surface area contributed by atoms with Crippen LogP contribution in [0.25, 0.3) is 10.8 Å². The second-order valence-electron chi connectivity index (χ2n) is 6.29. The maximum atomic E-state index is 12.2. The van der Waals surface area contributed by atoms with Gasteiger partial charge in [-0.05, 0) is 47.5 Å². The Labute approximate surface area is 163 Å². The van der Waals surface area contributed by atoms with Gasteiger partial charge in [0.05, 0.1) is 7.11 Å². The lowest BCUT2D eigenvalue weighted by Gasteiger charge is -2.15. The van der Waals surface area contributed by atoms with E-state index in [1.807, 2.05) is 60.7 Å². The van der Waals surface area contributed by atoms with Crippen molar-refractivity contribution in [2.75, 3.05) is 7.11 Å². The lowest BCUT2D eigenvalue weighted by Crippen LogP contribution is -2.44. The molecule has 0 saturated carbocycles. The van der Waals surface area contributed by atoms with E-state index in [0.717, 1.165) is 22.1 Å². The van der Waals surface area contributed by atoms with E-state index in [0.29, 0.717) is 12.3 Å². The SMILES string of the molecule is COc1ccc2ccc(O[C@@H](C)C(=O)NC(=O)NCc3ccccc3)cc2c1. The maximum Gasteiger partial charge on any atom is 0.321 e. The van der Waals surface area contributed by atoms with Crippen molar-refractivity contribution in [2.24, 2.45) is 0 Å². The fraction of sp³-hybridized carbons (Fsp3) is 0.182. The van der Waals surface area contributed by atoms with Crippen LogP contribution >= 0.6 is 0 Å². The summed E-state index contributed by atoms with van der Waals surface area (Å²) < 4.78 is 10.9. The van der Waals surface area contributed by atoms with Gasteiger partial charge in [0, 0.05) is 6.54 Å². The Balaban J connectivity index is 1.56. The number of fused-ring (bicyclic) bond motifs is 1. The highest BCUT2D eigenvalue weighted by Crippen LogP contribution is 2.25. The Bertz CT molecular complexity index is 973. The lowest BCUT2D eigenvalue weighted by atomic mass is 10.1. The van der Waals surface area contributed by atoms with Gasteiger partial charge in [-0.3, -0.25) is 10.1 Å². The molecule has 3 aromatic rings. The van der Waals surface area contributed by atoms with E-state index in [-0.39, 0.29) is 0 Å². The minimum atomic E-state index is -0.828. The summed E-state index contributed by atoms with van der Waals surface area (Å²) in [6.45, 7) is 1.93. The molecule has 0 aromatic heterocycles. The van der Waals surface area contributed by atoms with Gasteiger partial charge in [0.2, 0.25) is 0 Å². The first-order valence-electron chi connectivity index (χ1n) is 8.92. The predicted molar refractivity (Wildman–Crippen MR) is 107 cm³/mol. The normalized spacial score (nSPS) is 11.5. The Kier molecular flexibility index (Phi) is 6.11. The Morgan fingerprint density at radius 2 is 1.61 bits per heavy atom. The third-order valence-corrected chi connectivity index (χ3v) is 4.23. The van der Waals surface area contributed by atoms with Crippen LogP contribution in [0.2, 0.25) is 0 Å². The van der Waals surface area contributed by atoms with Gasteiger partial charge >= 0.3 is 6.03 Å². The van der Waals surface area contributed by atoms with Gasteiger partial charge < -0.3 is 14.8 Å². The van der Waals surface area contributed by atoms with Crippen molar-refractivity contribution < 1.29 is 19.1 Å². The first-order chi connectivity index (χ1) is 13.5. The monoisotopic (exact) mass is 378 g/mol. The van der Waals surface area contributed by atoms with Gasteiger partial charge in [0.15, 0.2) is 6.10 Å². The number of carbonyl (C=O) groups excluding carboxylic acids is 2. The number of carbonyl (C=O) groups is 2. The number of nitrogens with one attached hydrogen (secondary N) is 2. The van der Waals surface area contributed by atoms with Gasteiger partial charge in [-0.25, -0.2) is 4.79 Å². The molecule has 0 bridgehead atoms. The summed E-state index contributed by atoms with van der Waals surface area (Å²) in [6.07, 6.45) is -0.828. The second kappa shape index (κ2) is 8.90. The summed E-state index contributed by atoms with van der Waals surface area (Å²) in [5.74, 6) is 0.759. The molecule has 1 atom stereocenters. The van der Waals surface area contributed by atoms with Gasteiger partial charge in [0.1, 0.15) is 11.5 Å². The molecule has 0 aliphatic carbocycles. The molecule has 2 N–H and O–H groups in total. The zero-order valence-corrected chi connectivity index (χ0v) is 15.8. The predicted octanol–water partition coefficient (Wildman–Crippen LogP) is 3.64. The minimum Gasteiger partial charge on any atom is -0.497 e. The summed E-state index contributed by atoms with van der Waals surface area (Å²) >= 11 is 0. The number of hydrogen-bond donors (Lipinski definition) is 2. The number of amides is 3. The molecular formula is C22H22N2O4. The number of hydrogen-bond acceptors (Lipinski definition) is 4. The number of ether oxygens (including phenoxy) is 2. The van der Waals surface area contributed by atoms with E-state index in [1.165, 1.54) is 0 Å². The number of rotatable bonds is 6. The van der Waals surface area contributed by atoms with Crippen LogP contribution < -0.4 is 20.1 Å². The number of urea groups is 1. The zero-order chi connectivity index (χ0) is 19.9. The highest BCUT2D eigenvalue weighted by molar-refractivity contribution is 5.96. The van der Waals surface area contributed by atoms with Gasteiger partial charge in [-0.2, -0.15) is 0 Å². The Morgan fingerprint density at radius 1 is 0.929 bits per heavy atom. The van der Waals surface area contributed by atoms with Crippen molar-refractivity contribution in [1.29, 1.82) is 0 Å². The summed E-state index contributed by atoms with van der Waals surface area (Å²) in [5, 5.41) is 6.90. The van der Waals surface area contributed by atoms with Crippen molar-refractivity contribution in [3.05, 3.63) is 72.3 Å². The molecule has 28 heavy (non-hydrogen) atoms. The number of methoxy groups -OCH3 is 1. The van der Waals surface area contributed by atoms with E-state index in [2.05, 4.69) is 10.6 Å². The van der Waals surface area contributed by atoms with Crippen molar-refractivity contribution in [1.82, 2.24) is 10.6 Å². The van der Waals surface area contributed by atoms with Gasteiger partial charge in [0.25, 0.3) is 5.91 Å². The number of imide groups is 1. The van der Waals surface area contributed by atoms with Crippen LogP contribution in [-0.4, -0.2) is 25.2 Å². The Morgan fingerprint density at radius 3 is 2.32 bits per heavy atom. The molecule has 3 aromatic carbocycles. The summed E-state index contributed by atoms with van der Waals surface area (Å²) in [6, 6.07) is 20.1. The van der Waals surface area contributed by atoms with Crippen molar-refractivity contribution in [2.45, 2.75) is 19.6 Å². The summed E-state index contributed by atoms with van der Waals surface area (Å²) in [7, 11) is 1.61. The molecule has 0 fully saturated rings. The maximum absolute atomic E-state index is 12.2. The van der Waals surface area contributed by atoms with Crippen LogP contribution in [0.4, 0.5) is 4.79 Å². The third kappa shape index (κ3) is 5.01. The van der Waals surface area contributed by atoms with E-state index < -0.39 is 18.0 Å². The zero-order valence-electron chi connectivity index (χ0n) is 15.8. The topological polar surface area (TPSA) is 76.7 Å². The molecule has 6 nitrogen and oxygen atoms in total. The van der Waals surface area contributed by atoms with Gasteiger partial charge in [-0.1, -0.05) is 42.5 Å². The van der Waals surface area contributed by atoms with Crippen LogP contribution in [0.15, 0.2) is 66.7 Å². The molecule has 3 amide bonds. The van der Waals surface area contributed by atoms with Crippen molar-refractivity contribution >= 4 is 22.7 Å². The van der Waals surface area contributed by atoms with E-state index >= 15 is 0 Å². The van der Waals surface area contributed by atoms with Crippen LogP contribution in [0.5, 0.6) is 11.5 Å². The lowest BCUT2D eigenvalue weighted by molar-refractivity contribution is -0.126. The molecule has 0 aliphatic rings. The minimum absolute atomic E-state index is 0.335. The average molecular weight is 378 g/mol. The quantitative estimate of drug-likeness (QED) is 0.687. The molecule has 144 valence electrons. The van der Waals surface area contributed by atoms with E-state index in [1.54, 1.807) is 20.1 Å². The summed E-state index contributed by atoms with van der Waals surface area (Å²) in [4.78, 5) is 24.1. The molecular weight excluding hydrogens is 356 g/mol. The van der Waals surface area contributed by atoms with E-state index in [4.69, 9.17) is 9.47 Å². The average Bonchev–Trinajstić information content (AvgIpc) is 2.72. The molecule has 0 spiro atoms. The fourth-order valence-corrected chi connectivity index (χ4v) is 2.70. The fourth-order valence-electron chi connectivity index (χ4n) is 2.70. The highest BCUT2D eigenvalue weighted by Gasteiger charge is 2.17. The smallest absolute Gasteiger partial charge is 0.321 e. The molecule has 6 heteroatoms. The second-order valence-corrected chi connectivity index (χ2v) is 6.29. The first-order valence-corrected chi connectivity index (χ1v) is 8.92. The largest absolute Gasteiger partial charge is 0.497 e. The Hall–Kier alpha value is -3.54. The third-order valence-electron chi connectivity index (χ3n) is 4.23.